The summed E-state index contributed by atoms with van der Waals surface area (Å²) < 4.78 is 4.86. The maximum Gasteiger partial charge on any atom is 0.225 e. The first-order chi connectivity index (χ1) is 7.22. The van der Waals surface area contributed by atoms with Crippen LogP contribution in [0, 0.1) is 6.92 Å². The van der Waals surface area contributed by atoms with Crippen LogP contribution in [0.1, 0.15) is 18.4 Å². The van der Waals surface area contributed by atoms with Crippen molar-refractivity contribution in [2.24, 2.45) is 0 Å². The average Bonchev–Trinajstić information content (AvgIpc) is 2.22. The molecule has 4 nitrogen and oxygen atoms in total. The SMILES string of the molecule is COCCCC(=O)Nc1ccc(C)cn1. The van der Waals surface area contributed by atoms with Gasteiger partial charge in [0.15, 0.2) is 0 Å². The van der Waals surface area contributed by atoms with E-state index in [1.54, 1.807) is 19.4 Å². The summed E-state index contributed by atoms with van der Waals surface area (Å²) in [5, 5.41) is 2.72. The number of rotatable bonds is 5. The average molecular weight is 208 g/mol. The molecule has 0 fully saturated rings. The summed E-state index contributed by atoms with van der Waals surface area (Å²) in [5.41, 5.74) is 1.08. The third-order valence-electron chi connectivity index (χ3n) is 1.93. The molecule has 0 spiro atoms. The van der Waals surface area contributed by atoms with Crippen LogP contribution < -0.4 is 5.32 Å². The Morgan fingerprint density at radius 1 is 1.53 bits per heavy atom. The van der Waals surface area contributed by atoms with E-state index in [1.807, 2.05) is 13.0 Å². The summed E-state index contributed by atoms with van der Waals surface area (Å²) in [6, 6.07) is 3.71. The van der Waals surface area contributed by atoms with Crippen molar-refractivity contribution in [2.75, 3.05) is 19.0 Å². The second kappa shape index (κ2) is 6.14. The Bertz CT molecular complexity index is 309. The number of hydrogen-bond acceptors (Lipinski definition) is 3. The lowest BCUT2D eigenvalue weighted by Gasteiger charge is -2.03. The molecule has 1 rings (SSSR count). The molecular formula is C11H16N2O2. The van der Waals surface area contributed by atoms with Gasteiger partial charge in [-0.25, -0.2) is 4.98 Å². The Balaban J connectivity index is 2.34. The van der Waals surface area contributed by atoms with E-state index in [1.165, 1.54) is 0 Å². The van der Waals surface area contributed by atoms with Gasteiger partial charge in [0.05, 0.1) is 0 Å². The van der Waals surface area contributed by atoms with Gasteiger partial charge in [-0.05, 0) is 25.0 Å². The molecule has 1 heterocycles. The molecule has 1 aromatic rings. The number of methoxy groups -OCH3 is 1. The summed E-state index contributed by atoms with van der Waals surface area (Å²) in [7, 11) is 1.62. The standard InChI is InChI=1S/C11H16N2O2/c1-9-5-6-10(12-8-9)13-11(14)4-3-7-15-2/h5-6,8H,3-4,7H2,1-2H3,(H,12,13,14). The molecule has 0 unspecified atom stereocenters. The molecule has 0 aromatic carbocycles. The zero-order chi connectivity index (χ0) is 11.1. The minimum Gasteiger partial charge on any atom is -0.385 e. The highest BCUT2D eigenvalue weighted by Crippen LogP contribution is 2.04. The number of pyridine rings is 1. The molecule has 0 radical (unpaired) electrons. The van der Waals surface area contributed by atoms with Crippen molar-refractivity contribution in [2.45, 2.75) is 19.8 Å². The van der Waals surface area contributed by atoms with E-state index in [4.69, 9.17) is 4.74 Å². The number of aromatic nitrogens is 1. The smallest absolute Gasteiger partial charge is 0.225 e. The van der Waals surface area contributed by atoms with Gasteiger partial charge in [0.1, 0.15) is 5.82 Å². The monoisotopic (exact) mass is 208 g/mol. The van der Waals surface area contributed by atoms with Crippen molar-refractivity contribution in [1.29, 1.82) is 0 Å². The predicted molar refractivity (Wildman–Crippen MR) is 58.7 cm³/mol. The van der Waals surface area contributed by atoms with Gasteiger partial charge >= 0.3 is 0 Å². The van der Waals surface area contributed by atoms with Crippen LogP contribution in [-0.4, -0.2) is 24.6 Å². The molecule has 15 heavy (non-hydrogen) atoms. The first kappa shape index (κ1) is 11.7. The molecule has 1 amide bonds. The van der Waals surface area contributed by atoms with E-state index < -0.39 is 0 Å². The highest BCUT2D eigenvalue weighted by Gasteiger charge is 2.02. The molecule has 0 aliphatic rings. The first-order valence-electron chi connectivity index (χ1n) is 4.94. The Morgan fingerprint density at radius 3 is 2.93 bits per heavy atom. The van der Waals surface area contributed by atoms with Gasteiger partial charge in [-0.15, -0.1) is 0 Å². The van der Waals surface area contributed by atoms with Crippen LogP contribution in [0.15, 0.2) is 18.3 Å². The number of ether oxygens (including phenoxy) is 1. The van der Waals surface area contributed by atoms with Crippen LogP contribution in [0.2, 0.25) is 0 Å². The van der Waals surface area contributed by atoms with Gasteiger partial charge in [-0.1, -0.05) is 6.07 Å². The third kappa shape index (κ3) is 4.56. The summed E-state index contributed by atoms with van der Waals surface area (Å²) >= 11 is 0. The maximum absolute atomic E-state index is 11.4. The number of amides is 1. The lowest BCUT2D eigenvalue weighted by atomic mass is 10.3. The second-order valence-corrected chi connectivity index (χ2v) is 3.37. The molecule has 0 bridgehead atoms. The van der Waals surface area contributed by atoms with Crippen LogP contribution in [0.5, 0.6) is 0 Å². The van der Waals surface area contributed by atoms with Gasteiger partial charge in [-0.2, -0.15) is 0 Å². The largest absolute Gasteiger partial charge is 0.385 e. The van der Waals surface area contributed by atoms with Crippen LogP contribution in [0.3, 0.4) is 0 Å². The Morgan fingerprint density at radius 2 is 2.33 bits per heavy atom. The highest BCUT2D eigenvalue weighted by molar-refractivity contribution is 5.89. The number of carbonyl (C=O) groups excluding carboxylic acids is 1. The van der Waals surface area contributed by atoms with Gasteiger partial charge in [0, 0.05) is 26.3 Å². The van der Waals surface area contributed by atoms with E-state index in [-0.39, 0.29) is 5.91 Å². The van der Waals surface area contributed by atoms with Gasteiger partial charge in [-0.3, -0.25) is 4.79 Å². The summed E-state index contributed by atoms with van der Waals surface area (Å²) in [5.74, 6) is 0.575. The van der Waals surface area contributed by atoms with Crippen molar-refractivity contribution in [3.05, 3.63) is 23.9 Å². The topological polar surface area (TPSA) is 51.2 Å². The lowest BCUT2D eigenvalue weighted by molar-refractivity contribution is -0.116. The molecule has 4 heteroatoms. The summed E-state index contributed by atoms with van der Waals surface area (Å²) in [4.78, 5) is 15.4. The van der Waals surface area contributed by atoms with Gasteiger partial charge in [0.25, 0.3) is 0 Å². The number of carbonyl (C=O) groups is 1. The van der Waals surface area contributed by atoms with Crippen LogP contribution in [0.25, 0.3) is 0 Å². The Labute approximate surface area is 89.7 Å². The van der Waals surface area contributed by atoms with E-state index >= 15 is 0 Å². The summed E-state index contributed by atoms with van der Waals surface area (Å²) in [6.45, 7) is 2.56. The molecular weight excluding hydrogens is 192 g/mol. The fraction of sp³-hybridized carbons (Fsp3) is 0.455. The number of aryl methyl sites for hydroxylation is 1. The van der Waals surface area contributed by atoms with Crippen LogP contribution in [0.4, 0.5) is 5.82 Å². The van der Waals surface area contributed by atoms with Crippen molar-refractivity contribution in [3.8, 4) is 0 Å². The molecule has 1 aromatic heterocycles. The van der Waals surface area contributed by atoms with Crippen LogP contribution in [-0.2, 0) is 9.53 Å². The second-order valence-electron chi connectivity index (χ2n) is 3.37. The molecule has 0 saturated carbocycles. The van der Waals surface area contributed by atoms with E-state index in [0.29, 0.717) is 18.8 Å². The minimum absolute atomic E-state index is 0.0246. The zero-order valence-electron chi connectivity index (χ0n) is 9.12. The van der Waals surface area contributed by atoms with Crippen LogP contribution >= 0.6 is 0 Å². The van der Waals surface area contributed by atoms with E-state index in [9.17, 15) is 4.79 Å². The van der Waals surface area contributed by atoms with Crippen molar-refractivity contribution >= 4 is 11.7 Å². The maximum atomic E-state index is 11.4. The number of nitrogens with one attached hydrogen (secondary N) is 1. The van der Waals surface area contributed by atoms with Gasteiger partial charge < -0.3 is 10.1 Å². The Kier molecular flexibility index (Phi) is 4.77. The number of nitrogens with zero attached hydrogens (tertiary/aromatic N) is 1. The molecule has 82 valence electrons. The van der Waals surface area contributed by atoms with E-state index in [2.05, 4.69) is 10.3 Å². The highest BCUT2D eigenvalue weighted by atomic mass is 16.5. The van der Waals surface area contributed by atoms with Crippen molar-refractivity contribution < 1.29 is 9.53 Å². The quantitative estimate of drug-likeness (QED) is 0.750. The predicted octanol–water partition coefficient (Wildman–Crippen LogP) is 1.76. The normalized spacial score (nSPS) is 10.0. The van der Waals surface area contributed by atoms with E-state index in [0.717, 1.165) is 12.0 Å². The lowest BCUT2D eigenvalue weighted by Crippen LogP contribution is -2.12. The third-order valence-corrected chi connectivity index (χ3v) is 1.93. The summed E-state index contributed by atoms with van der Waals surface area (Å²) in [6.07, 6.45) is 2.92. The van der Waals surface area contributed by atoms with Crippen molar-refractivity contribution in [3.63, 3.8) is 0 Å². The first-order valence-corrected chi connectivity index (χ1v) is 4.94. The van der Waals surface area contributed by atoms with Gasteiger partial charge in [0.2, 0.25) is 5.91 Å². The Hall–Kier alpha value is -1.42. The minimum atomic E-state index is -0.0246. The number of hydrogen-bond donors (Lipinski definition) is 1. The molecule has 0 atom stereocenters. The molecule has 0 aliphatic heterocycles. The number of anilines is 1. The molecule has 1 N–H and O–H groups in total. The fourth-order valence-electron chi connectivity index (χ4n) is 1.12. The zero-order valence-corrected chi connectivity index (χ0v) is 9.12. The van der Waals surface area contributed by atoms with Crippen molar-refractivity contribution in [1.82, 2.24) is 4.98 Å². The molecule has 0 saturated heterocycles. The molecule has 0 aliphatic carbocycles. The fourth-order valence-corrected chi connectivity index (χ4v) is 1.12.